The third kappa shape index (κ3) is 4.99. The number of H-pyrrole nitrogens is 1. The number of carbonyl (C=O) groups excluding carboxylic acids is 2. The van der Waals surface area contributed by atoms with Crippen molar-refractivity contribution >= 4 is 22.6 Å². The normalized spacial score (nSPS) is 11.8. The average molecular weight is 436 g/mol. The summed E-state index contributed by atoms with van der Waals surface area (Å²) in [7, 11) is 3.37. The van der Waals surface area contributed by atoms with Gasteiger partial charge in [-0.05, 0) is 48.6 Å². The Hall–Kier alpha value is -3.61. The summed E-state index contributed by atoms with van der Waals surface area (Å²) in [5, 5.41) is 1.32. The SMILES string of the molecule is CC(=O)N(C)CCN(C)C(=O)[C@@H](C)Oc1ccc2c(-c3ccccc3C)c[nH]c(=O)c2c1. The lowest BCUT2D eigenvalue weighted by Crippen LogP contribution is -2.42. The molecule has 1 N–H and O–H groups in total. The number of benzene rings is 2. The van der Waals surface area contributed by atoms with Crippen LogP contribution in [0.3, 0.4) is 0 Å². The number of amides is 2. The molecule has 0 saturated carbocycles. The maximum Gasteiger partial charge on any atom is 0.263 e. The first-order chi connectivity index (χ1) is 15.2. The van der Waals surface area contributed by atoms with E-state index in [1.807, 2.05) is 37.3 Å². The Labute approximate surface area is 187 Å². The molecule has 0 aliphatic carbocycles. The number of hydrogen-bond acceptors (Lipinski definition) is 4. The number of fused-ring (bicyclic) bond motifs is 1. The maximum absolute atomic E-state index is 12.7. The number of hydrogen-bond donors (Lipinski definition) is 1. The smallest absolute Gasteiger partial charge is 0.263 e. The number of rotatable bonds is 7. The fourth-order valence-corrected chi connectivity index (χ4v) is 3.54. The number of carbonyl (C=O) groups is 2. The van der Waals surface area contributed by atoms with Crippen LogP contribution < -0.4 is 10.3 Å². The van der Waals surface area contributed by atoms with Gasteiger partial charge in [-0.2, -0.15) is 0 Å². The molecule has 0 bridgehead atoms. The second-order valence-electron chi connectivity index (χ2n) is 8.01. The van der Waals surface area contributed by atoms with Crippen LogP contribution >= 0.6 is 0 Å². The van der Waals surface area contributed by atoms with E-state index in [1.54, 1.807) is 44.2 Å². The molecule has 0 fully saturated rings. The van der Waals surface area contributed by atoms with E-state index in [-0.39, 0.29) is 17.4 Å². The molecule has 7 heteroatoms. The molecule has 32 heavy (non-hydrogen) atoms. The van der Waals surface area contributed by atoms with Crippen molar-refractivity contribution in [1.29, 1.82) is 0 Å². The fourth-order valence-electron chi connectivity index (χ4n) is 3.54. The molecule has 168 valence electrons. The molecule has 2 amide bonds. The lowest BCUT2D eigenvalue weighted by atomic mass is 9.97. The lowest BCUT2D eigenvalue weighted by molar-refractivity contribution is -0.137. The molecule has 0 spiro atoms. The van der Waals surface area contributed by atoms with Gasteiger partial charge in [-0.1, -0.05) is 24.3 Å². The minimum atomic E-state index is -0.737. The van der Waals surface area contributed by atoms with Crippen molar-refractivity contribution in [3.8, 4) is 16.9 Å². The topological polar surface area (TPSA) is 82.7 Å². The molecule has 7 nitrogen and oxygen atoms in total. The summed E-state index contributed by atoms with van der Waals surface area (Å²) in [6.07, 6.45) is 0.992. The average Bonchev–Trinajstić information content (AvgIpc) is 2.77. The van der Waals surface area contributed by atoms with Crippen LogP contribution in [0.1, 0.15) is 19.4 Å². The highest BCUT2D eigenvalue weighted by Crippen LogP contribution is 2.30. The summed E-state index contributed by atoms with van der Waals surface area (Å²) in [6, 6.07) is 13.3. The molecule has 1 aromatic heterocycles. The lowest BCUT2D eigenvalue weighted by Gasteiger charge is -2.24. The first-order valence-corrected chi connectivity index (χ1v) is 10.5. The molecule has 3 aromatic rings. The Balaban J connectivity index is 1.81. The molecule has 1 heterocycles. The van der Waals surface area contributed by atoms with Crippen molar-refractivity contribution in [3.05, 3.63) is 64.6 Å². The quantitative estimate of drug-likeness (QED) is 0.618. The molecule has 1 atom stereocenters. The first kappa shape index (κ1) is 23.1. The van der Waals surface area contributed by atoms with Crippen molar-refractivity contribution in [2.45, 2.75) is 26.9 Å². The number of aromatic nitrogens is 1. The van der Waals surface area contributed by atoms with Gasteiger partial charge in [0.15, 0.2) is 6.10 Å². The van der Waals surface area contributed by atoms with Gasteiger partial charge in [0.05, 0.1) is 5.39 Å². The number of pyridine rings is 1. The van der Waals surface area contributed by atoms with Gasteiger partial charge in [0.1, 0.15) is 5.75 Å². The summed E-state index contributed by atoms with van der Waals surface area (Å²) < 4.78 is 5.86. The van der Waals surface area contributed by atoms with E-state index in [0.29, 0.717) is 24.2 Å². The zero-order chi connectivity index (χ0) is 23.4. The molecule has 0 saturated heterocycles. The van der Waals surface area contributed by atoms with E-state index in [0.717, 1.165) is 22.1 Å². The van der Waals surface area contributed by atoms with Crippen LogP contribution in [0.2, 0.25) is 0 Å². The van der Waals surface area contributed by atoms with Gasteiger partial charge in [-0.25, -0.2) is 0 Å². The minimum Gasteiger partial charge on any atom is -0.481 e. The Morgan fingerprint density at radius 2 is 1.69 bits per heavy atom. The maximum atomic E-state index is 12.7. The highest BCUT2D eigenvalue weighted by molar-refractivity contribution is 5.97. The molecule has 2 aromatic carbocycles. The second kappa shape index (κ2) is 9.68. The van der Waals surface area contributed by atoms with Gasteiger partial charge in [-0.15, -0.1) is 0 Å². The summed E-state index contributed by atoms with van der Waals surface area (Å²) in [5.74, 6) is 0.186. The van der Waals surface area contributed by atoms with Crippen molar-refractivity contribution in [2.75, 3.05) is 27.2 Å². The van der Waals surface area contributed by atoms with Gasteiger partial charge >= 0.3 is 0 Å². The molecular weight excluding hydrogens is 406 g/mol. The standard InChI is InChI=1S/C25H29N3O4/c1-16-8-6-7-9-20(16)23-15-26-24(30)22-14-19(10-11-21(22)23)32-17(2)25(31)28(5)13-12-27(4)18(3)29/h6-11,14-15,17H,12-13H2,1-5H3,(H,26,30)/t17-/m1/s1. The van der Waals surface area contributed by atoms with Crippen LogP contribution in [0.25, 0.3) is 21.9 Å². The first-order valence-electron chi connectivity index (χ1n) is 10.5. The summed E-state index contributed by atoms with van der Waals surface area (Å²) in [6.45, 7) is 6.03. The number of ether oxygens (including phenoxy) is 1. The van der Waals surface area contributed by atoms with Gasteiger partial charge in [0.2, 0.25) is 5.91 Å². The summed E-state index contributed by atoms with van der Waals surface area (Å²) in [5.41, 5.74) is 2.87. The zero-order valence-electron chi connectivity index (χ0n) is 19.1. The number of aromatic amines is 1. The number of nitrogens with zero attached hydrogens (tertiary/aromatic N) is 2. The molecule has 0 radical (unpaired) electrons. The van der Waals surface area contributed by atoms with Crippen LogP contribution in [0.5, 0.6) is 5.75 Å². The van der Waals surface area contributed by atoms with E-state index in [4.69, 9.17) is 4.74 Å². The molecular formula is C25H29N3O4. The number of likely N-dealkylation sites (N-methyl/N-ethyl adjacent to an activating group) is 2. The van der Waals surface area contributed by atoms with E-state index < -0.39 is 6.10 Å². The van der Waals surface area contributed by atoms with Crippen molar-refractivity contribution in [1.82, 2.24) is 14.8 Å². The van der Waals surface area contributed by atoms with Gasteiger partial charge in [-0.3, -0.25) is 14.4 Å². The van der Waals surface area contributed by atoms with Gasteiger partial charge < -0.3 is 19.5 Å². The zero-order valence-corrected chi connectivity index (χ0v) is 19.1. The second-order valence-corrected chi connectivity index (χ2v) is 8.01. The summed E-state index contributed by atoms with van der Waals surface area (Å²) in [4.78, 5) is 42.4. The third-order valence-electron chi connectivity index (χ3n) is 5.65. The van der Waals surface area contributed by atoms with E-state index in [9.17, 15) is 14.4 Å². The van der Waals surface area contributed by atoms with Crippen molar-refractivity contribution < 1.29 is 14.3 Å². The van der Waals surface area contributed by atoms with E-state index >= 15 is 0 Å². The Morgan fingerprint density at radius 3 is 2.38 bits per heavy atom. The Kier molecular flexibility index (Phi) is 6.98. The number of nitrogens with one attached hydrogen (secondary N) is 1. The van der Waals surface area contributed by atoms with Crippen molar-refractivity contribution in [2.24, 2.45) is 0 Å². The molecule has 0 unspecified atom stereocenters. The molecule has 0 aliphatic heterocycles. The van der Waals surface area contributed by atoms with Crippen LogP contribution in [0, 0.1) is 6.92 Å². The van der Waals surface area contributed by atoms with Gasteiger partial charge in [0, 0.05) is 45.9 Å². The molecule has 0 aliphatic rings. The summed E-state index contributed by atoms with van der Waals surface area (Å²) >= 11 is 0. The predicted molar refractivity (Wildman–Crippen MR) is 126 cm³/mol. The van der Waals surface area contributed by atoms with E-state index in [1.165, 1.54) is 11.8 Å². The highest BCUT2D eigenvalue weighted by atomic mass is 16.5. The van der Waals surface area contributed by atoms with Crippen LogP contribution in [-0.4, -0.2) is 59.9 Å². The Bertz CT molecular complexity index is 1200. The predicted octanol–water partition coefficient (Wildman–Crippen LogP) is 3.21. The van der Waals surface area contributed by atoms with Crippen LogP contribution in [-0.2, 0) is 9.59 Å². The largest absolute Gasteiger partial charge is 0.481 e. The number of aryl methyl sites for hydroxylation is 1. The van der Waals surface area contributed by atoms with Crippen molar-refractivity contribution in [3.63, 3.8) is 0 Å². The van der Waals surface area contributed by atoms with Gasteiger partial charge in [0.25, 0.3) is 11.5 Å². The van der Waals surface area contributed by atoms with E-state index in [2.05, 4.69) is 4.98 Å². The minimum absolute atomic E-state index is 0.0541. The highest BCUT2D eigenvalue weighted by Gasteiger charge is 2.20. The Morgan fingerprint density at radius 1 is 1.00 bits per heavy atom. The van der Waals surface area contributed by atoms with Crippen LogP contribution in [0.4, 0.5) is 0 Å². The monoisotopic (exact) mass is 435 g/mol. The fraction of sp³-hybridized carbons (Fsp3) is 0.320. The van der Waals surface area contributed by atoms with Crippen LogP contribution in [0.15, 0.2) is 53.5 Å². The third-order valence-corrected chi connectivity index (χ3v) is 5.65. The molecule has 3 rings (SSSR count).